The molecule has 0 N–H and O–H groups in total. The second-order valence-corrected chi connectivity index (χ2v) is 10.1. The fourth-order valence-corrected chi connectivity index (χ4v) is 3.76. The summed E-state index contributed by atoms with van der Waals surface area (Å²) in [5.74, 6) is 0.810. The summed E-state index contributed by atoms with van der Waals surface area (Å²) in [6, 6.07) is 6.82. The molecule has 0 saturated heterocycles. The number of rotatable bonds is 12. The molecule has 1 aromatic rings. The molecule has 4 heteroatoms. The van der Waals surface area contributed by atoms with Gasteiger partial charge in [-0.1, -0.05) is 67.5 Å². The average Bonchev–Trinajstić information content (AvgIpc) is 2.59. The van der Waals surface area contributed by atoms with Gasteiger partial charge in [0.2, 0.25) is 0 Å². The van der Waals surface area contributed by atoms with Crippen molar-refractivity contribution < 1.29 is 19.1 Å². The molecule has 170 valence electrons. The monoisotopic (exact) mass is 418 g/mol. The summed E-state index contributed by atoms with van der Waals surface area (Å²) in [5.41, 5.74) is 0.570. The lowest BCUT2D eigenvalue weighted by Crippen LogP contribution is -2.25. The van der Waals surface area contributed by atoms with Crippen LogP contribution in [-0.4, -0.2) is 24.1 Å². The van der Waals surface area contributed by atoms with Crippen LogP contribution < -0.4 is 0 Å². The third kappa shape index (κ3) is 9.77. The summed E-state index contributed by atoms with van der Waals surface area (Å²) < 4.78 is 11.7. The van der Waals surface area contributed by atoms with E-state index in [-0.39, 0.29) is 23.3 Å². The smallest absolute Gasteiger partial charge is 0.339 e. The summed E-state index contributed by atoms with van der Waals surface area (Å²) in [7, 11) is 0. The van der Waals surface area contributed by atoms with Crippen molar-refractivity contribution in [2.24, 2.45) is 23.7 Å². The highest BCUT2D eigenvalue weighted by Gasteiger charge is 2.25. The maximum atomic E-state index is 13.0. The van der Waals surface area contributed by atoms with Gasteiger partial charge < -0.3 is 9.47 Å². The van der Waals surface area contributed by atoms with Crippen LogP contribution in [0.1, 0.15) is 102 Å². The molecule has 30 heavy (non-hydrogen) atoms. The van der Waals surface area contributed by atoms with E-state index in [9.17, 15) is 9.59 Å². The third-order valence-electron chi connectivity index (χ3n) is 4.85. The van der Waals surface area contributed by atoms with Crippen LogP contribution in [0.3, 0.4) is 0 Å². The summed E-state index contributed by atoms with van der Waals surface area (Å²) in [4.78, 5) is 25.9. The Balaban J connectivity index is 3.00. The third-order valence-corrected chi connectivity index (χ3v) is 4.85. The summed E-state index contributed by atoms with van der Waals surface area (Å²) >= 11 is 0. The molecule has 0 amide bonds. The molecule has 0 heterocycles. The van der Waals surface area contributed by atoms with Crippen LogP contribution in [0, 0.1) is 23.7 Å². The van der Waals surface area contributed by atoms with E-state index in [4.69, 9.17) is 9.47 Å². The maximum Gasteiger partial charge on any atom is 0.339 e. The van der Waals surface area contributed by atoms with Gasteiger partial charge in [-0.3, -0.25) is 0 Å². The molecule has 0 aromatic heterocycles. The minimum Gasteiger partial charge on any atom is -0.459 e. The number of esters is 2. The number of carbonyl (C=O) groups is 2. The van der Waals surface area contributed by atoms with Crippen molar-refractivity contribution >= 4 is 11.9 Å². The topological polar surface area (TPSA) is 52.6 Å². The van der Waals surface area contributed by atoms with E-state index in [0.29, 0.717) is 23.7 Å². The van der Waals surface area contributed by atoms with Crippen LogP contribution in [0.2, 0.25) is 0 Å². The molecule has 0 spiro atoms. The first-order valence-corrected chi connectivity index (χ1v) is 11.5. The van der Waals surface area contributed by atoms with Gasteiger partial charge in [-0.15, -0.1) is 0 Å². The Morgan fingerprint density at radius 1 is 0.600 bits per heavy atom. The Morgan fingerprint density at radius 3 is 1.10 bits per heavy atom. The van der Waals surface area contributed by atoms with Gasteiger partial charge in [-0.25, -0.2) is 9.59 Å². The molecule has 0 saturated carbocycles. The Hall–Kier alpha value is -1.84. The zero-order chi connectivity index (χ0) is 22.8. The highest BCUT2D eigenvalue weighted by molar-refractivity contribution is 6.03. The molecule has 0 aliphatic carbocycles. The number of carbonyl (C=O) groups excluding carboxylic acids is 2. The molecular weight excluding hydrogens is 376 g/mol. The van der Waals surface area contributed by atoms with E-state index in [1.807, 2.05) is 0 Å². The minimum absolute atomic E-state index is 0.156. The van der Waals surface area contributed by atoms with Gasteiger partial charge >= 0.3 is 11.9 Å². The fraction of sp³-hybridized carbons (Fsp3) is 0.692. The van der Waals surface area contributed by atoms with Crippen molar-refractivity contribution in [1.29, 1.82) is 0 Å². The van der Waals surface area contributed by atoms with Crippen LogP contribution >= 0.6 is 0 Å². The largest absolute Gasteiger partial charge is 0.459 e. The van der Waals surface area contributed by atoms with Crippen LogP contribution in [-0.2, 0) is 9.47 Å². The van der Waals surface area contributed by atoms with E-state index >= 15 is 0 Å². The fourth-order valence-electron chi connectivity index (χ4n) is 3.76. The lowest BCUT2D eigenvalue weighted by atomic mass is 9.97. The zero-order valence-electron chi connectivity index (χ0n) is 20.2. The first kappa shape index (κ1) is 26.2. The second-order valence-electron chi connectivity index (χ2n) is 10.1. The molecule has 0 unspecified atom stereocenters. The van der Waals surface area contributed by atoms with Crippen molar-refractivity contribution in [1.82, 2.24) is 0 Å². The number of benzene rings is 1. The van der Waals surface area contributed by atoms with Crippen LogP contribution in [0.5, 0.6) is 0 Å². The van der Waals surface area contributed by atoms with Gasteiger partial charge in [-0.2, -0.15) is 0 Å². The quantitative estimate of drug-likeness (QED) is 0.346. The average molecular weight is 419 g/mol. The molecule has 4 nitrogen and oxygen atoms in total. The SMILES string of the molecule is CC(C)CC(CC(C)C)OC(=O)c1ccccc1C(=O)OC(CC(C)C)CC(C)C. The van der Waals surface area contributed by atoms with Crippen molar-refractivity contribution in [3.8, 4) is 0 Å². The Morgan fingerprint density at radius 2 is 0.867 bits per heavy atom. The van der Waals surface area contributed by atoms with Gasteiger partial charge in [-0.05, 0) is 61.5 Å². The predicted molar refractivity (Wildman–Crippen MR) is 123 cm³/mol. The molecule has 0 atom stereocenters. The summed E-state index contributed by atoms with van der Waals surface area (Å²) in [5, 5.41) is 0. The standard InChI is InChI=1S/C26H42O4/c1-17(2)13-21(14-18(3)4)29-25(27)23-11-9-10-12-24(23)26(28)30-22(15-19(5)6)16-20(7)8/h9-12,17-22H,13-16H2,1-8H3. The highest BCUT2D eigenvalue weighted by Crippen LogP contribution is 2.22. The van der Waals surface area contributed by atoms with Crippen molar-refractivity contribution in [2.45, 2.75) is 93.3 Å². The van der Waals surface area contributed by atoms with Gasteiger partial charge in [0.05, 0.1) is 11.1 Å². The Bertz CT molecular complexity index is 584. The normalized spacial score (nSPS) is 11.9. The predicted octanol–water partition coefficient (Wildman–Crippen LogP) is 6.92. The molecule has 1 rings (SSSR count). The zero-order valence-corrected chi connectivity index (χ0v) is 20.2. The lowest BCUT2D eigenvalue weighted by Gasteiger charge is -2.23. The van der Waals surface area contributed by atoms with Gasteiger partial charge in [0.1, 0.15) is 12.2 Å². The lowest BCUT2D eigenvalue weighted by molar-refractivity contribution is 0.0152. The second kappa shape index (κ2) is 12.8. The number of ether oxygens (including phenoxy) is 2. The van der Waals surface area contributed by atoms with E-state index < -0.39 is 11.9 Å². The van der Waals surface area contributed by atoms with Crippen LogP contribution in [0.25, 0.3) is 0 Å². The Kier molecular flexibility index (Phi) is 11.1. The maximum absolute atomic E-state index is 13.0. The molecule has 0 radical (unpaired) electrons. The van der Waals surface area contributed by atoms with Crippen LogP contribution in [0.4, 0.5) is 0 Å². The number of hydrogen-bond acceptors (Lipinski definition) is 4. The van der Waals surface area contributed by atoms with Gasteiger partial charge in [0, 0.05) is 0 Å². The van der Waals surface area contributed by atoms with Gasteiger partial charge in [0.15, 0.2) is 0 Å². The van der Waals surface area contributed by atoms with Crippen molar-refractivity contribution in [3.05, 3.63) is 35.4 Å². The summed E-state index contributed by atoms with van der Waals surface area (Å²) in [6.45, 7) is 17.0. The first-order valence-electron chi connectivity index (χ1n) is 11.5. The molecule has 0 aliphatic rings. The first-order chi connectivity index (χ1) is 14.0. The Labute approximate surface area is 183 Å². The van der Waals surface area contributed by atoms with Gasteiger partial charge in [0.25, 0.3) is 0 Å². The van der Waals surface area contributed by atoms with Crippen molar-refractivity contribution in [2.75, 3.05) is 0 Å². The summed E-state index contributed by atoms with van der Waals surface area (Å²) in [6.07, 6.45) is 2.92. The molecule has 0 fully saturated rings. The minimum atomic E-state index is -0.446. The van der Waals surface area contributed by atoms with E-state index in [2.05, 4.69) is 55.4 Å². The molecule has 1 aromatic carbocycles. The molecule has 0 aliphatic heterocycles. The molecular formula is C26H42O4. The van der Waals surface area contributed by atoms with Crippen LogP contribution in [0.15, 0.2) is 24.3 Å². The van der Waals surface area contributed by atoms with Crippen molar-refractivity contribution in [3.63, 3.8) is 0 Å². The highest BCUT2D eigenvalue weighted by atomic mass is 16.5. The number of hydrogen-bond donors (Lipinski definition) is 0. The van der Waals surface area contributed by atoms with E-state index in [1.54, 1.807) is 24.3 Å². The van der Waals surface area contributed by atoms with E-state index in [0.717, 1.165) is 25.7 Å². The van der Waals surface area contributed by atoms with E-state index in [1.165, 1.54) is 0 Å². The molecule has 0 bridgehead atoms.